The molecular formula is C41H48N4O4. The van der Waals surface area contributed by atoms with Crippen molar-refractivity contribution in [2.75, 3.05) is 32.7 Å². The third kappa shape index (κ3) is 8.11. The van der Waals surface area contributed by atoms with E-state index in [1.54, 1.807) is 24.5 Å². The molecule has 4 heterocycles. The molecule has 0 saturated carbocycles. The number of aliphatic hydroxyl groups excluding tert-OH is 1. The Balaban J connectivity index is 1.10. The summed E-state index contributed by atoms with van der Waals surface area (Å²) in [7, 11) is 0. The molecule has 0 spiro atoms. The first-order chi connectivity index (χ1) is 24.0. The molecule has 0 bridgehead atoms. The van der Waals surface area contributed by atoms with Crippen LogP contribution in [0.2, 0.25) is 0 Å². The molecule has 3 aliphatic heterocycles. The largest absolute Gasteiger partial charge is 0.392 e. The van der Waals surface area contributed by atoms with E-state index < -0.39 is 6.29 Å². The number of carbonyl (C=O) groups excluding carboxylic acids is 1. The molecule has 0 aliphatic carbocycles. The second-order valence-electron chi connectivity index (χ2n) is 13.9. The Morgan fingerprint density at radius 2 is 1.65 bits per heavy atom. The second kappa shape index (κ2) is 15.7. The number of pyridine rings is 1. The molecule has 3 aromatic carbocycles. The normalized spacial score (nSPS) is 24.7. The summed E-state index contributed by atoms with van der Waals surface area (Å²) >= 11 is 0. The second-order valence-corrected chi connectivity index (χ2v) is 13.9. The van der Waals surface area contributed by atoms with Crippen molar-refractivity contribution in [1.29, 1.82) is 0 Å². The predicted octanol–water partition coefficient (Wildman–Crippen LogP) is 6.52. The van der Waals surface area contributed by atoms with E-state index >= 15 is 0 Å². The Morgan fingerprint density at radius 3 is 2.43 bits per heavy atom. The van der Waals surface area contributed by atoms with Gasteiger partial charge in [0.15, 0.2) is 6.29 Å². The van der Waals surface area contributed by atoms with Gasteiger partial charge in [0.25, 0.3) is 5.91 Å². The van der Waals surface area contributed by atoms with Gasteiger partial charge in [0.2, 0.25) is 0 Å². The molecule has 8 nitrogen and oxygen atoms in total. The standard InChI is InChI=1S/C41H48N4O4/c1-29-38(27-45-21-7-13-37(45)26-44-19-2-3-20-44)48-41(49-39(29)32-16-14-30(28-46)15-17-32)35-11-5-10-34(23-35)33-9-4-8-31(22-33)24-43-40(47)36-12-6-18-42-25-36/h4-6,8-12,14-18,22-23,25,29,37-39,41,46H,2-3,7,13,19-21,24,26-28H2,1H3,(H,43,47). The van der Waals surface area contributed by atoms with Crippen LogP contribution < -0.4 is 5.32 Å². The number of nitrogens with zero attached hydrogens (tertiary/aromatic N) is 3. The first kappa shape index (κ1) is 33.6. The van der Waals surface area contributed by atoms with Crippen molar-refractivity contribution in [1.82, 2.24) is 20.1 Å². The Labute approximate surface area is 290 Å². The van der Waals surface area contributed by atoms with E-state index in [2.05, 4.69) is 75.6 Å². The SMILES string of the molecule is CC1C(CN2CCCC2CN2CCCC2)OC(c2cccc(-c3cccc(CNC(=O)c4cccnc4)c3)c2)OC1c1ccc(CO)cc1. The number of hydrogen-bond donors (Lipinski definition) is 2. The average Bonchev–Trinajstić information content (AvgIpc) is 3.84. The lowest BCUT2D eigenvalue weighted by molar-refractivity contribution is -0.276. The Hall–Kier alpha value is -3.92. The minimum absolute atomic E-state index is 0.00384. The van der Waals surface area contributed by atoms with Gasteiger partial charge in [0.1, 0.15) is 0 Å². The highest BCUT2D eigenvalue weighted by Gasteiger charge is 2.41. The maximum absolute atomic E-state index is 12.6. The van der Waals surface area contributed by atoms with Crippen LogP contribution in [0.4, 0.5) is 0 Å². The van der Waals surface area contributed by atoms with Gasteiger partial charge in [0.05, 0.1) is 24.4 Å². The van der Waals surface area contributed by atoms with Crippen molar-refractivity contribution in [3.05, 3.63) is 125 Å². The third-order valence-electron chi connectivity index (χ3n) is 10.5. The maximum atomic E-state index is 12.6. The van der Waals surface area contributed by atoms with Gasteiger partial charge < -0.3 is 24.8 Å². The zero-order chi connectivity index (χ0) is 33.6. The fraction of sp³-hybridized carbons (Fsp3) is 0.415. The summed E-state index contributed by atoms with van der Waals surface area (Å²) in [5.41, 5.74) is 6.67. The summed E-state index contributed by atoms with van der Waals surface area (Å²) in [6.07, 6.45) is 7.68. The Kier molecular flexibility index (Phi) is 10.8. The lowest BCUT2D eigenvalue weighted by Crippen LogP contribution is -2.48. The zero-order valence-corrected chi connectivity index (χ0v) is 28.4. The van der Waals surface area contributed by atoms with Crippen molar-refractivity contribution in [2.24, 2.45) is 5.92 Å². The summed E-state index contributed by atoms with van der Waals surface area (Å²) in [6, 6.07) is 29.0. The van der Waals surface area contributed by atoms with Crippen molar-refractivity contribution in [3.63, 3.8) is 0 Å². The van der Waals surface area contributed by atoms with Gasteiger partial charge in [-0.3, -0.25) is 14.7 Å². The zero-order valence-electron chi connectivity index (χ0n) is 28.4. The number of hydrogen-bond acceptors (Lipinski definition) is 7. The van der Waals surface area contributed by atoms with Crippen LogP contribution in [-0.2, 0) is 22.6 Å². The summed E-state index contributed by atoms with van der Waals surface area (Å²) in [5, 5.41) is 12.7. The summed E-state index contributed by atoms with van der Waals surface area (Å²) in [4.78, 5) is 22.0. The summed E-state index contributed by atoms with van der Waals surface area (Å²) in [6.45, 7) is 8.30. The van der Waals surface area contributed by atoms with Crippen molar-refractivity contribution in [3.8, 4) is 11.1 Å². The quantitative estimate of drug-likeness (QED) is 0.189. The lowest BCUT2D eigenvalue weighted by atomic mass is 9.89. The summed E-state index contributed by atoms with van der Waals surface area (Å²) in [5.74, 6) is -0.00117. The lowest BCUT2D eigenvalue weighted by Gasteiger charge is -2.43. The molecule has 3 aliphatic rings. The molecule has 4 aromatic rings. The summed E-state index contributed by atoms with van der Waals surface area (Å²) < 4.78 is 13.7. The average molecular weight is 661 g/mol. The molecule has 7 rings (SSSR count). The van der Waals surface area contributed by atoms with Crippen LogP contribution >= 0.6 is 0 Å². The van der Waals surface area contributed by atoms with Crippen molar-refractivity contribution >= 4 is 5.91 Å². The van der Waals surface area contributed by atoms with Crippen LogP contribution in [0.5, 0.6) is 0 Å². The molecule has 3 fully saturated rings. The van der Waals surface area contributed by atoms with E-state index in [0.717, 1.165) is 53.0 Å². The number of nitrogens with one attached hydrogen (secondary N) is 1. The van der Waals surface area contributed by atoms with Crippen LogP contribution in [0, 0.1) is 5.92 Å². The van der Waals surface area contributed by atoms with E-state index in [1.807, 2.05) is 24.3 Å². The molecule has 3 saturated heterocycles. The van der Waals surface area contributed by atoms with E-state index in [1.165, 1.54) is 38.8 Å². The highest BCUT2D eigenvalue weighted by atomic mass is 16.7. The maximum Gasteiger partial charge on any atom is 0.253 e. The van der Waals surface area contributed by atoms with Crippen molar-refractivity contribution in [2.45, 2.75) is 70.3 Å². The number of carbonyl (C=O) groups is 1. The fourth-order valence-electron chi connectivity index (χ4n) is 7.67. The number of ether oxygens (including phenoxy) is 2. The molecular weight excluding hydrogens is 612 g/mol. The number of rotatable bonds is 11. The van der Waals surface area contributed by atoms with Crippen LogP contribution in [0.1, 0.15) is 77.6 Å². The van der Waals surface area contributed by atoms with Crippen molar-refractivity contribution < 1.29 is 19.4 Å². The molecule has 256 valence electrons. The minimum atomic E-state index is -0.523. The Bertz CT molecular complexity index is 1680. The molecule has 8 heteroatoms. The number of aromatic nitrogens is 1. The molecule has 1 aromatic heterocycles. The molecule has 0 radical (unpaired) electrons. The highest BCUT2D eigenvalue weighted by molar-refractivity contribution is 5.93. The Morgan fingerprint density at radius 1 is 0.857 bits per heavy atom. The van der Waals surface area contributed by atoms with Gasteiger partial charge in [0, 0.05) is 49.6 Å². The van der Waals surface area contributed by atoms with Gasteiger partial charge in [-0.25, -0.2) is 0 Å². The predicted molar refractivity (Wildman–Crippen MR) is 191 cm³/mol. The molecule has 5 unspecified atom stereocenters. The monoisotopic (exact) mass is 660 g/mol. The first-order valence-electron chi connectivity index (χ1n) is 17.9. The number of amides is 1. The first-order valence-corrected chi connectivity index (χ1v) is 17.9. The third-order valence-corrected chi connectivity index (χ3v) is 10.5. The number of likely N-dealkylation sites (tertiary alicyclic amines) is 2. The van der Waals surface area contributed by atoms with Gasteiger partial charge >= 0.3 is 0 Å². The van der Waals surface area contributed by atoms with Gasteiger partial charge in [-0.1, -0.05) is 67.6 Å². The molecule has 5 atom stereocenters. The van der Waals surface area contributed by atoms with E-state index in [9.17, 15) is 9.90 Å². The van der Waals surface area contributed by atoms with E-state index in [4.69, 9.17) is 9.47 Å². The molecule has 1 amide bonds. The van der Waals surface area contributed by atoms with E-state index in [-0.39, 0.29) is 30.6 Å². The number of aliphatic hydroxyl groups is 1. The van der Waals surface area contributed by atoms with Gasteiger partial charge in [-0.2, -0.15) is 0 Å². The van der Waals surface area contributed by atoms with E-state index in [0.29, 0.717) is 18.2 Å². The van der Waals surface area contributed by atoms with Gasteiger partial charge in [-0.15, -0.1) is 0 Å². The van der Waals surface area contributed by atoms with Crippen LogP contribution in [0.3, 0.4) is 0 Å². The highest BCUT2D eigenvalue weighted by Crippen LogP contribution is 2.43. The number of benzene rings is 3. The van der Waals surface area contributed by atoms with Gasteiger partial charge in [-0.05, 0) is 97.4 Å². The smallest absolute Gasteiger partial charge is 0.253 e. The molecule has 2 N–H and O–H groups in total. The topological polar surface area (TPSA) is 87.2 Å². The fourth-order valence-corrected chi connectivity index (χ4v) is 7.67. The van der Waals surface area contributed by atoms with Crippen LogP contribution in [0.25, 0.3) is 11.1 Å². The van der Waals surface area contributed by atoms with Crippen LogP contribution in [-0.4, -0.2) is 70.7 Å². The minimum Gasteiger partial charge on any atom is -0.392 e. The van der Waals surface area contributed by atoms with Crippen LogP contribution in [0.15, 0.2) is 97.3 Å². The molecule has 49 heavy (non-hydrogen) atoms.